The lowest BCUT2D eigenvalue weighted by atomic mass is 10.1. The molecule has 1 aromatic heterocycles. The van der Waals surface area contributed by atoms with Gasteiger partial charge in [-0.25, -0.2) is 0 Å². The van der Waals surface area contributed by atoms with Crippen LogP contribution < -0.4 is 5.32 Å². The summed E-state index contributed by atoms with van der Waals surface area (Å²) < 4.78 is 0. The number of para-hydroxylation sites is 1. The van der Waals surface area contributed by atoms with Gasteiger partial charge in [-0.3, -0.25) is 4.98 Å². The van der Waals surface area contributed by atoms with Gasteiger partial charge in [-0.1, -0.05) is 18.2 Å². The van der Waals surface area contributed by atoms with E-state index in [1.54, 1.807) is 0 Å². The van der Waals surface area contributed by atoms with E-state index in [-0.39, 0.29) is 0 Å². The molecule has 0 fully saturated rings. The predicted octanol–water partition coefficient (Wildman–Crippen LogP) is 1.09. The normalized spacial score (nSPS) is 10.5. The maximum atomic E-state index is 4.35. The van der Waals surface area contributed by atoms with Crippen LogP contribution in [0.4, 0.5) is 0 Å². The number of hydrogen-bond donors (Lipinski definition) is 1. The molecule has 0 amide bonds. The summed E-state index contributed by atoms with van der Waals surface area (Å²) in [7, 11) is 3.71. The number of fused-ring (bicyclic) bond motifs is 1. The third kappa shape index (κ3) is 1.68. The molecule has 0 aliphatic rings. The highest BCUT2D eigenvalue weighted by Crippen LogP contribution is 2.11. The fraction of sp³-hybridized carbons (Fsp3) is 0.0909. The number of aromatic nitrogens is 1. The van der Waals surface area contributed by atoms with E-state index in [1.807, 2.05) is 29.7 Å². The van der Waals surface area contributed by atoms with Crippen molar-refractivity contribution in [3.8, 4) is 0 Å². The Balaban J connectivity index is 2.49. The minimum absolute atomic E-state index is 0.887. The SMILES string of the molecule is [CH2-][NH2+]Cc1cnc2ccccc2c1. The Hall–Kier alpha value is -1.41. The summed E-state index contributed by atoms with van der Waals surface area (Å²) in [6.07, 6.45) is 1.91. The maximum Gasteiger partial charge on any atom is 0.0788 e. The van der Waals surface area contributed by atoms with Gasteiger partial charge in [0.2, 0.25) is 0 Å². The first-order valence-corrected chi connectivity index (χ1v) is 4.35. The number of nitrogens with two attached hydrogens (primary N) is 1. The minimum atomic E-state index is 0.887. The summed E-state index contributed by atoms with van der Waals surface area (Å²) in [5.41, 5.74) is 2.27. The van der Waals surface area contributed by atoms with E-state index in [0.29, 0.717) is 0 Å². The van der Waals surface area contributed by atoms with Crippen molar-refractivity contribution in [3.63, 3.8) is 0 Å². The molecule has 1 heterocycles. The largest absolute Gasteiger partial charge is 0.475 e. The van der Waals surface area contributed by atoms with Gasteiger partial charge < -0.3 is 5.32 Å². The van der Waals surface area contributed by atoms with Gasteiger partial charge in [0.25, 0.3) is 0 Å². The van der Waals surface area contributed by atoms with Crippen LogP contribution in [0.1, 0.15) is 5.56 Å². The molecule has 0 aliphatic heterocycles. The molecule has 0 unspecified atom stereocenters. The molecule has 66 valence electrons. The van der Waals surface area contributed by atoms with Gasteiger partial charge in [0.05, 0.1) is 12.1 Å². The minimum Gasteiger partial charge on any atom is -0.475 e. The van der Waals surface area contributed by atoms with Crippen molar-refractivity contribution >= 4 is 10.9 Å². The van der Waals surface area contributed by atoms with Crippen LogP contribution in [0, 0.1) is 7.05 Å². The van der Waals surface area contributed by atoms with Gasteiger partial charge >= 0.3 is 0 Å². The van der Waals surface area contributed by atoms with E-state index >= 15 is 0 Å². The third-order valence-corrected chi connectivity index (χ3v) is 2.03. The monoisotopic (exact) mass is 172 g/mol. The van der Waals surface area contributed by atoms with Crippen molar-refractivity contribution in [2.45, 2.75) is 6.54 Å². The molecular weight excluding hydrogens is 160 g/mol. The fourth-order valence-electron chi connectivity index (χ4n) is 1.39. The van der Waals surface area contributed by atoms with Crippen molar-refractivity contribution in [3.05, 3.63) is 49.1 Å². The molecule has 13 heavy (non-hydrogen) atoms. The van der Waals surface area contributed by atoms with Crippen LogP contribution in [0.5, 0.6) is 0 Å². The summed E-state index contributed by atoms with van der Waals surface area (Å²) in [5.74, 6) is 0. The van der Waals surface area contributed by atoms with Crippen molar-refractivity contribution < 1.29 is 5.32 Å². The zero-order chi connectivity index (χ0) is 9.10. The molecule has 0 radical (unpaired) electrons. The molecule has 0 atom stereocenters. The third-order valence-electron chi connectivity index (χ3n) is 2.03. The van der Waals surface area contributed by atoms with E-state index in [9.17, 15) is 0 Å². The van der Waals surface area contributed by atoms with E-state index < -0.39 is 0 Å². The second-order valence-electron chi connectivity index (χ2n) is 3.03. The first kappa shape index (κ1) is 8.20. The highest BCUT2D eigenvalue weighted by atomic mass is 14.8. The summed E-state index contributed by atoms with van der Waals surface area (Å²) in [6.45, 7) is 0.887. The zero-order valence-corrected chi connectivity index (χ0v) is 7.40. The summed E-state index contributed by atoms with van der Waals surface area (Å²) in [4.78, 5) is 4.35. The number of benzene rings is 1. The number of hydrogen-bond acceptors (Lipinski definition) is 1. The van der Waals surface area contributed by atoms with Crippen LogP contribution in [0.25, 0.3) is 10.9 Å². The van der Waals surface area contributed by atoms with Gasteiger partial charge in [-0.05, 0) is 12.1 Å². The molecule has 2 aromatic rings. The summed E-state index contributed by atoms with van der Waals surface area (Å²) in [6, 6.07) is 10.3. The van der Waals surface area contributed by atoms with Crippen LogP contribution in [-0.4, -0.2) is 4.98 Å². The molecule has 1 aromatic carbocycles. The van der Waals surface area contributed by atoms with Crippen LogP contribution in [-0.2, 0) is 6.54 Å². The summed E-state index contributed by atoms with van der Waals surface area (Å²) in [5, 5.41) is 3.09. The lowest BCUT2D eigenvalue weighted by molar-refractivity contribution is -0.612. The van der Waals surface area contributed by atoms with Crippen LogP contribution in [0.15, 0.2) is 36.5 Å². The highest BCUT2D eigenvalue weighted by molar-refractivity contribution is 5.78. The van der Waals surface area contributed by atoms with Gasteiger partial charge in [0, 0.05) is 17.1 Å². The molecule has 0 spiro atoms. The lowest BCUT2D eigenvalue weighted by Crippen LogP contribution is -2.74. The van der Waals surface area contributed by atoms with Crippen molar-refractivity contribution in [2.24, 2.45) is 0 Å². The quantitative estimate of drug-likeness (QED) is 0.675. The summed E-state index contributed by atoms with van der Waals surface area (Å²) >= 11 is 0. The molecular formula is C11H12N2. The Morgan fingerprint density at radius 3 is 3.00 bits per heavy atom. The van der Waals surface area contributed by atoms with Gasteiger partial charge in [-0.2, -0.15) is 7.05 Å². The molecule has 0 saturated heterocycles. The van der Waals surface area contributed by atoms with E-state index in [1.165, 1.54) is 10.9 Å². The molecule has 0 aliphatic carbocycles. The molecule has 2 heteroatoms. The van der Waals surface area contributed by atoms with Crippen molar-refractivity contribution in [1.82, 2.24) is 4.98 Å². The molecule has 2 nitrogen and oxygen atoms in total. The lowest BCUT2D eigenvalue weighted by Gasteiger charge is -2.01. The molecule has 2 rings (SSSR count). The first-order chi connectivity index (χ1) is 6.40. The highest BCUT2D eigenvalue weighted by Gasteiger charge is 1.95. The van der Waals surface area contributed by atoms with Crippen LogP contribution in [0.3, 0.4) is 0 Å². The fourth-order valence-corrected chi connectivity index (χ4v) is 1.39. The van der Waals surface area contributed by atoms with Crippen LogP contribution >= 0.6 is 0 Å². The Bertz CT molecular complexity index is 410. The Kier molecular flexibility index (Phi) is 2.23. The van der Waals surface area contributed by atoms with E-state index in [0.717, 1.165) is 12.1 Å². The standard InChI is InChI=1S/C11H12N2/c1-12-7-9-6-10-4-2-3-5-11(10)13-8-9/h2-6,8H,1,7,12H2. The van der Waals surface area contributed by atoms with Gasteiger partial charge in [-0.15, -0.1) is 0 Å². The number of pyridine rings is 1. The van der Waals surface area contributed by atoms with Crippen LogP contribution in [0.2, 0.25) is 0 Å². The first-order valence-electron chi connectivity index (χ1n) is 4.35. The van der Waals surface area contributed by atoms with Crippen molar-refractivity contribution in [1.29, 1.82) is 0 Å². The van der Waals surface area contributed by atoms with Gasteiger partial charge in [0.1, 0.15) is 0 Å². The number of nitrogens with zero attached hydrogens (tertiary/aromatic N) is 1. The molecule has 0 bridgehead atoms. The smallest absolute Gasteiger partial charge is 0.0788 e. The Morgan fingerprint density at radius 2 is 2.15 bits per heavy atom. The van der Waals surface area contributed by atoms with Crippen molar-refractivity contribution in [2.75, 3.05) is 0 Å². The number of quaternary nitrogens is 1. The Labute approximate surface area is 77.6 Å². The van der Waals surface area contributed by atoms with E-state index in [2.05, 4.69) is 24.2 Å². The predicted molar refractivity (Wildman–Crippen MR) is 52.7 cm³/mol. The average Bonchev–Trinajstić information content (AvgIpc) is 2.18. The van der Waals surface area contributed by atoms with Gasteiger partial charge in [0.15, 0.2) is 0 Å². The average molecular weight is 172 g/mol. The Morgan fingerprint density at radius 1 is 1.31 bits per heavy atom. The number of rotatable bonds is 2. The maximum absolute atomic E-state index is 4.35. The second kappa shape index (κ2) is 3.54. The van der Waals surface area contributed by atoms with E-state index in [4.69, 9.17) is 0 Å². The molecule has 0 saturated carbocycles. The molecule has 2 N–H and O–H groups in total. The second-order valence-corrected chi connectivity index (χ2v) is 3.03. The zero-order valence-electron chi connectivity index (χ0n) is 7.40. The topological polar surface area (TPSA) is 29.5 Å².